The van der Waals surface area contributed by atoms with Crippen molar-refractivity contribution in [2.75, 3.05) is 14.2 Å². The van der Waals surface area contributed by atoms with Crippen LogP contribution in [0.3, 0.4) is 0 Å². The van der Waals surface area contributed by atoms with Crippen LogP contribution in [0.15, 0.2) is 28.4 Å². The van der Waals surface area contributed by atoms with Gasteiger partial charge >= 0.3 is 4.87 Å². The molecule has 0 saturated carbocycles. The van der Waals surface area contributed by atoms with Crippen LogP contribution in [0.1, 0.15) is 11.3 Å². The van der Waals surface area contributed by atoms with E-state index in [9.17, 15) is 4.79 Å². The minimum Gasteiger partial charge on any atom is -0.497 e. The van der Waals surface area contributed by atoms with Crippen LogP contribution >= 0.6 is 11.3 Å². The Morgan fingerprint density at radius 3 is 2.74 bits per heavy atom. The van der Waals surface area contributed by atoms with E-state index in [1.807, 2.05) is 23.6 Å². The fourth-order valence-electron chi connectivity index (χ4n) is 1.75. The lowest BCUT2D eigenvalue weighted by molar-refractivity contribution is 0.397. The van der Waals surface area contributed by atoms with Gasteiger partial charge in [-0.05, 0) is 18.2 Å². The van der Waals surface area contributed by atoms with E-state index in [4.69, 9.17) is 9.47 Å². The van der Waals surface area contributed by atoms with Gasteiger partial charge in [0, 0.05) is 29.7 Å². The third-order valence-electron chi connectivity index (χ3n) is 2.69. The fraction of sp³-hybridized carbons (Fsp3) is 0.308. The highest BCUT2D eigenvalue weighted by Gasteiger charge is 2.05. The minimum atomic E-state index is -0.0317. The molecule has 0 aliphatic heterocycles. The Hall–Kier alpha value is -1.79. The van der Waals surface area contributed by atoms with Crippen LogP contribution in [0.5, 0.6) is 11.5 Å². The molecule has 2 aromatic rings. The number of aromatic nitrogens is 1. The van der Waals surface area contributed by atoms with Gasteiger partial charge in [0.2, 0.25) is 0 Å². The molecular weight excluding hydrogens is 264 g/mol. The maximum Gasteiger partial charge on any atom is 0.304 e. The molecule has 0 bridgehead atoms. The van der Waals surface area contributed by atoms with Crippen molar-refractivity contribution in [3.8, 4) is 11.5 Å². The summed E-state index contributed by atoms with van der Waals surface area (Å²) in [6, 6.07) is 5.67. The number of nitrogens with one attached hydrogen (secondary N) is 2. The SMILES string of the molecule is COc1ccc(OC)c(CNCc2csc(=O)[nH]2)c1. The highest BCUT2D eigenvalue weighted by molar-refractivity contribution is 7.07. The second-order valence-electron chi connectivity index (χ2n) is 3.95. The predicted octanol–water partition coefficient (Wildman–Crippen LogP) is 1.74. The zero-order chi connectivity index (χ0) is 13.7. The average Bonchev–Trinajstić information content (AvgIpc) is 2.84. The number of hydrogen-bond acceptors (Lipinski definition) is 5. The van der Waals surface area contributed by atoms with Gasteiger partial charge in [-0.2, -0.15) is 0 Å². The predicted molar refractivity (Wildman–Crippen MR) is 75.0 cm³/mol. The van der Waals surface area contributed by atoms with Crippen LogP contribution in [0.4, 0.5) is 0 Å². The van der Waals surface area contributed by atoms with Crippen LogP contribution in [-0.2, 0) is 13.1 Å². The maximum atomic E-state index is 11.0. The first-order chi connectivity index (χ1) is 9.22. The van der Waals surface area contributed by atoms with E-state index < -0.39 is 0 Å². The number of methoxy groups -OCH3 is 2. The molecule has 5 nitrogen and oxygen atoms in total. The highest BCUT2D eigenvalue weighted by Crippen LogP contribution is 2.23. The number of benzene rings is 1. The Morgan fingerprint density at radius 1 is 1.26 bits per heavy atom. The topological polar surface area (TPSA) is 63.4 Å². The minimum absolute atomic E-state index is 0.0317. The molecule has 0 spiro atoms. The molecule has 0 fully saturated rings. The largest absolute Gasteiger partial charge is 0.497 e. The summed E-state index contributed by atoms with van der Waals surface area (Å²) in [7, 11) is 3.27. The zero-order valence-electron chi connectivity index (χ0n) is 10.9. The lowest BCUT2D eigenvalue weighted by atomic mass is 10.2. The first kappa shape index (κ1) is 13.6. The quantitative estimate of drug-likeness (QED) is 0.846. The second-order valence-corrected chi connectivity index (χ2v) is 4.80. The second kappa shape index (κ2) is 6.40. The lowest BCUT2D eigenvalue weighted by Crippen LogP contribution is -2.14. The third-order valence-corrected chi connectivity index (χ3v) is 3.41. The van der Waals surface area contributed by atoms with Crippen LogP contribution in [-0.4, -0.2) is 19.2 Å². The monoisotopic (exact) mass is 280 g/mol. The van der Waals surface area contributed by atoms with Crippen molar-refractivity contribution in [2.24, 2.45) is 0 Å². The molecule has 0 saturated heterocycles. The average molecular weight is 280 g/mol. The van der Waals surface area contributed by atoms with E-state index >= 15 is 0 Å². The number of H-pyrrole nitrogens is 1. The molecule has 0 radical (unpaired) electrons. The Balaban J connectivity index is 1.99. The van der Waals surface area contributed by atoms with Gasteiger partial charge in [0.1, 0.15) is 11.5 Å². The van der Waals surface area contributed by atoms with E-state index in [0.29, 0.717) is 13.1 Å². The van der Waals surface area contributed by atoms with Gasteiger partial charge in [-0.1, -0.05) is 11.3 Å². The summed E-state index contributed by atoms with van der Waals surface area (Å²) in [4.78, 5) is 13.7. The molecule has 1 heterocycles. The van der Waals surface area contributed by atoms with Gasteiger partial charge < -0.3 is 19.8 Å². The maximum absolute atomic E-state index is 11.0. The summed E-state index contributed by atoms with van der Waals surface area (Å²) >= 11 is 1.17. The van der Waals surface area contributed by atoms with Gasteiger partial charge in [-0.3, -0.25) is 4.79 Å². The zero-order valence-corrected chi connectivity index (χ0v) is 11.7. The molecular formula is C13H16N2O3S. The molecule has 19 heavy (non-hydrogen) atoms. The molecule has 0 unspecified atom stereocenters. The smallest absolute Gasteiger partial charge is 0.304 e. The first-order valence-electron chi connectivity index (χ1n) is 5.81. The van der Waals surface area contributed by atoms with Crippen molar-refractivity contribution in [3.05, 3.63) is 44.5 Å². The van der Waals surface area contributed by atoms with E-state index in [2.05, 4.69) is 10.3 Å². The van der Waals surface area contributed by atoms with E-state index in [-0.39, 0.29) is 4.87 Å². The first-order valence-corrected chi connectivity index (χ1v) is 6.69. The molecule has 0 aliphatic rings. The molecule has 1 aromatic carbocycles. The summed E-state index contributed by atoms with van der Waals surface area (Å²) in [6.07, 6.45) is 0. The third kappa shape index (κ3) is 3.59. The molecule has 6 heteroatoms. The molecule has 2 N–H and O–H groups in total. The summed E-state index contributed by atoms with van der Waals surface area (Å²) < 4.78 is 10.5. The van der Waals surface area contributed by atoms with Crippen LogP contribution in [0.25, 0.3) is 0 Å². The Labute approximate surface area is 115 Å². The normalized spacial score (nSPS) is 10.4. The number of aromatic amines is 1. The van der Waals surface area contributed by atoms with Gasteiger partial charge in [0.25, 0.3) is 0 Å². The Kier molecular flexibility index (Phi) is 4.59. The molecule has 0 atom stereocenters. The van der Waals surface area contributed by atoms with Crippen molar-refractivity contribution in [3.63, 3.8) is 0 Å². The molecule has 0 amide bonds. The summed E-state index contributed by atoms with van der Waals surface area (Å²) in [5, 5.41) is 5.08. The van der Waals surface area contributed by atoms with E-state index in [0.717, 1.165) is 22.8 Å². The molecule has 0 aliphatic carbocycles. The van der Waals surface area contributed by atoms with E-state index in [1.165, 1.54) is 11.3 Å². The van der Waals surface area contributed by atoms with Crippen LogP contribution in [0, 0.1) is 0 Å². The van der Waals surface area contributed by atoms with Crippen molar-refractivity contribution in [1.82, 2.24) is 10.3 Å². The Morgan fingerprint density at radius 2 is 2.11 bits per heavy atom. The van der Waals surface area contributed by atoms with Gasteiger partial charge in [0.05, 0.1) is 14.2 Å². The number of thiazole rings is 1. The summed E-state index contributed by atoms with van der Waals surface area (Å²) in [6.45, 7) is 1.25. The van der Waals surface area contributed by atoms with Crippen LogP contribution < -0.4 is 19.7 Å². The summed E-state index contributed by atoms with van der Waals surface area (Å²) in [5.74, 6) is 1.61. The molecule has 2 rings (SSSR count). The van der Waals surface area contributed by atoms with Gasteiger partial charge in [-0.15, -0.1) is 0 Å². The number of rotatable bonds is 6. The van der Waals surface area contributed by atoms with Crippen LogP contribution in [0.2, 0.25) is 0 Å². The Bertz CT molecular complexity index is 592. The standard InChI is InChI=1S/C13H16N2O3S/c1-17-11-3-4-12(18-2)9(5-11)6-14-7-10-8-19-13(16)15-10/h3-5,8,14H,6-7H2,1-2H3,(H,15,16). The summed E-state index contributed by atoms with van der Waals surface area (Å²) in [5.41, 5.74) is 1.90. The van der Waals surface area contributed by atoms with Crippen molar-refractivity contribution in [2.45, 2.75) is 13.1 Å². The number of hydrogen-bond donors (Lipinski definition) is 2. The van der Waals surface area contributed by atoms with Crippen molar-refractivity contribution < 1.29 is 9.47 Å². The van der Waals surface area contributed by atoms with E-state index in [1.54, 1.807) is 14.2 Å². The highest BCUT2D eigenvalue weighted by atomic mass is 32.1. The van der Waals surface area contributed by atoms with Gasteiger partial charge in [0.15, 0.2) is 0 Å². The van der Waals surface area contributed by atoms with Crippen molar-refractivity contribution in [1.29, 1.82) is 0 Å². The van der Waals surface area contributed by atoms with Gasteiger partial charge in [-0.25, -0.2) is 0 Å². The number of ether oxygens (including phenoxy) is 2. The van der Waals surface area contributed by atoms with Crippen molar-refractivity contribution >= 4 is 11.3 Å². The lowest BCUT2D eigenvalue weighted by Gasteiger charge is -2.11. The molecule has 1 aromatic heterocycles. The molecule has 102 valence electrons. The fourth-order valence-corrected chi connectivity index (χ4v) is 2.33.